The first-order valence-electron chi connectivity index (χ1n) is 7.77. The molecule has 11 heteroatoms. The Morgan fingerprint density at radius 2 is 1.85 bits per heavy atom. The van der Waals surface area contributed by atoms with E-state index >= 15 is 0 Å². The highest BCUT2D eigenvalue weighted by molar-refractivity contribution is 9.10. The average Bonchev–Trinajstić information content (AvgIpc) is 2.95. The fraction of sp³-hybridized carbons (Fsp3) is 0.188. The SMILES string of the molecule is Cn1c(=O)c2nc(Br)n(Cc3cc(=O)n4cc(Cl)ccc4n3)c2n(C)c1=O. The first kappa shape index (κ1) is 17.7. The molecule has 0 N–H and O–H groups in total. The van der Waals surface area contributed by atoms with Crippen LogP contribution < -0.4 is 16.8 Å². The number of nitrogens with zero attached hydrogens (tertiary/aromatic N) is 6. The van der Waals surface area contributed by atoms with Crippen LogP contribution >= 0.6 is 27.5 Å². The molecular weight excluding hydrogens is 440 g/mol. The Balaban J connectivity index is 1.95. The van der Waals surface area contributed by atoms with E-state index in [2.05, 4.69) is 25.9 Å². The number of hydrogen-bond donors (Lipinski definition) is 0. The van der Waals surface area contributed by atoms with Crippen LogP contribution in [0.15, 0.2) is 43.5 Å². The summed E-state index contributed by atoms with van der Waals surface area (Å²) in [6.45, 7) is 0.145. The molecule has 9 nitrogen and oxygen atoms in total. The number of aryl methyl sites for hydroxylation is 1. The van der Waals surface area contributed by atoms with E-state index in [1.165, 1.54) is 28.3 Å². The van der Waals surface area contributed by atoms with Gasteiger partial charge in [0.15, 0.2) is 15.9 Å². The van der Waals surface area contributed by atoms with Gasteiger partial charge in [0, 0.05) is 26.4 Å². The van der Waals surface area contributed by atoms with E-state index < -0.39 is 11.2 Å². The van der Waals surface area contributed by atoms with Crippen LogP contribution in [0.3, 0.4) is 0 Å². The van der Waals surface area contributed by atoms with Gasteiger partial charge < -0.3 is 0 Å². The molecule has 0 atom stereocenters. The third-order valence-corrected chi connectivity index (χ3v) is 5.12. The van der Waals surface area contributed by atoms with Crippen LogP contribution in [0, 0.1) is 0 Å². The maximum atomic E-state index is 12.4. The summed E-state index contributed by atoms with van der Waals surface area (Å²) in [5.41, 5.74) is 0.130. The minimum atomic E-state index is -0.492. The van der Waals surface area contributed by atoms with Gasteiger partial charge in [-0.2, -0.15) is 0 Å². The van der Waals surface area contributed by atoms with E-state index in [9.17, 15) is 14.4 Å². The lowest BCUT2D eigenvalue weighted by Crippen LogP contribution is -2.37. The third-order valence-electron chi connectivity index (χ3n) is 4.29. The fourth-order valence-electron chi connectivity index (χ4n) is 2.97. The van der Waals surface area contributed by atoms with Crippen LogP contribution in [0.5, 0.6) is 0 Å². The molecule has 0 fully saturated rings. The highest BCUT2D eigenvalue weighted by atomic mass is 79.9. The van der Waals surface area contributed by atoms with E-state index in [1.807, 2.05) is 0 Å². The number of rotatable bonds is 2. The molecule has 138 valence electrons. The highest BCUT2D eigenvalue weighted by Crippen LogP contribution is 2.18. The third kappa shape index (κ3) is 2.72. The summed E-state index contributed by atoms with van der Waals surface area (Å²) in [5.74, 6) is 0. The molecular formula is C16H12BrClN6O3. The number of imidazole rings is 1. The van der Waals surface area contributed by atoms with Crippen molar-refractivity contribution < 1.29 is 0 Å². The molecule has 27 heavy (non-hydrogen) atoms. The van der Waals surface area contributed by atoms with Gasteiger partial charge >= 0.3 is 5.69 Å². The predicted octanol–water partition coefficient (Wildman–Crippen LogP) is 0.906. The Hall–Kier alpha value is -2.72. The molecule has 4 aromatic heterocycles. The van der Waals surface area contributed by atoms with Crippen molar-refractivity contribution in [1.29, 1.82) is 0 Å². The molecule has 0 aliphatic carbocycles. The summed E-state index contributed by atoms with van der Waals surface area (Å²) in [6.07, 6.45) is 1.49. The highest BCUT2D eigenvalue weighted by Gasteiger charge is 2.18. The quantitative estimate of drug-likeness (QED) is 0.422. The van der Waals surface area contributed by atoms with Crippen molar-refractivity contribution in [3.8, 4) is 0 Å². The molecule has 0 unspecified atom stereocenters. The Morgan fingerprint density at radius 1 is 1.11 bits per heavy atom. The van der Waals surface area contributed by atoms with E-state index in [0.29, 0.717) is 26.7 Å². The Morgan fingerprint density at radius 3 is 2.59 bits per heavy atom. The minimum Gasteiger partial charge on any atom is -0.298 e. The van der Waals surface area contributed by atoms with Gasteiger partial charge in [0.25, 0.3) is 11.1 Å². The summed E-state index contributed by atoms with van der Waals surface area (Å²) in [4.78, 5) is 45.7. The molecule has 4 heterocycles. The van der Waals surface area contributed by atoms with E-state index in [4.69, 9.17) is 11.6 Å². The van der Waals surface area contributed by atoms with Gasteiger partial charge in [0.05, 0.1) is 17.3 Å². The van der Waals surface area contributed by atoms with Crippen LogP contribution in [0.4, 0.5) is 0 Å². The first-order chi connectivity index (χ1) is 12.8. The van der Waals surface area contributed by atoms with Gasteiger partial charge in [-0.1, -0.05) is 11.6 Å². The summed E-state index contributed by atoms with van der Waals surface area (Å²) in [6, 6.07) is 4.66. The van der Waals surface area contributed by atoms with Crippen molar-refractivity contribution in [1.82, 2.24) is 28.1 Å². The summed E-state index contributed by atoms with van der Waals surface area (Å²) >= 11 is 9.24. The van der Waals surface area contributed by atoms with Crippen molar-refractivity contribution in [3.05, 3.63) is 71.0 Å². The molecule has 0 spiro atoms. The second-order valence-electron chi connectivity index (χ2n) is 6.01. The molecule has 0 radical (unpaired) electrons. The number of fused-ring (bicyclic) bond motifs is 2. The van der Waals surface area contributed by atoms with Crippen LogP contribution in [0.1, 0.15) is 5.69 Å². The molecule has 0 saturated heterocycles. The Kier molecular flexibility index (Phi) is 4.04. The van der Waals surface area contributed by atoms with Crippen molar-refractivity contribution in [2.75, 3.05) is 0 Å². The number of pyridine rings is 1. The smallest absolute Gasteiger partial charge is 0.298 e. The second kappa shape index (κ2) is 6.17. The summed E-state index contributed by atoms with van der Waals surface area (Å²) in [7, 11) is 2.95. The first-order valence-corrected chi connectivity index (χ1v) is 8.94. The molecule has 4 rings (SSSR count). The van der Waals surface area contributed by atoms with Crippen LogP contribution in [-0.4, -0.2) is 28.1 Å². The van der Waals surface area contributed by atoms with E-state index in [-0.39, 0.29) is 17.6 Å². The van der Waals surface area contributed by atoms with E-state index in [1.54, 1.807) is 23.7 Å². The average molecular weight is 452 g/mol. The van der Waals surface area contributed by atoms with Crippen LogP contribution in [0.25, 0.3) is 16.8 Å². The summed E-state index contributed by atoms with van der Waals surface area (Å²) in [5, 5.41) is 0.424. The van der Waals surface area contributed by atoms with Gasteiger partial charge in [0.2, 0.25) is 0 Å². The molecule has 0 saturated carbocycles. The maximum Gasteiger partial charge on any atom is 0.332 e. The molecule has 4 aromatic rings. The van der Waals surface area contributed by atoms with Crippen molar-refractivity contribution in [2.45, 2.75) is 6.54 Å². The lowest BCUT2D eigenvalue weighted by atomic mass is 10.3. The van der Waals surface area contributed by atoms with Gasteiger partial charge in [-0.3, -0.25) is 27.7 Å². The molecule has 0 amide bonds. The lowest BCUT2D eigenvalue weighted by molar-refractivity contribution is 0.680. The second-order valence-corrected chi connectivity index (χ2v) is 7.15. The van der Waals surface area contributed by atoms with Crippen molar-refractivity contribution in [3.63, 3.8) is 0 Å². The fourth-order valence-corrected chi connectivity index (χ4v) is 3.60. The van der Waals surface area contributed by atoms with Crippen molar-refractivity contribution >= 4 is 44.3 Å². The Bertz CT molecular complexity index is 1410. The van der Waals surface area contributed by atoms with Gasteiger partial charge in [-0.15, -0.1) is 0 Å². The van der Waals surface area contributed by atoms with E-state index in [0.717, 1.165) is 4.57 Å². The molecule has 0 aliphatic heterocycles. The Labute approximate surface area is 164 Å². The maximum absolute atomic E-state index is 12.4. The number of aromatic nitrogens is 6. The number of halogens is 2. The monoisotopic (exact) mass is 450 g/mol. The lowest BCUT2D eigenvalue weighted by Gasteiger charge is -2.10. The normalized spacial score (nSPS) is 11.6. The zero-order chi connectivity index (χ0) is 19.5. The minimum absolute atomic E-state index is 0.145. The zero-order valence-corrected chi connectivity index (χ0v) is 16.5. The summed E-state index contributed by atoms with van der Waals surface area (Å²) < 4.78 is 5.65. The van der Waals surface area contributed by atoms with Crippen LogP contribution in [-0.2, 0) is 20.6 Å². The van der Waals surface area contributed by atoms with Gasteiger partial charge in [-0.25, -0.2) is 14.8 Å². The van der Waals surface area contributed by atoms with Crippen LogP contribution in [0.2, 0.25) is 5.02 Å². The standard InChI is InChI=1S/C16H12BrClN6O3/c1-21-13-12(14(26)22(2)16(21)27)20-15(17)24(13)7-9-5-11(25)23-6-8(18)3-4-10(23)19-9/h3-6H,7H2,1-2H3. The zero-order valence-electron chi connectivity index (χ0n) is 14.2. The predicted molar refractivity (Wildman–Crippen MR) is 103 cm³/mol. The molecule has 0 aliphatic rings. The van der Waals surface area contributed by atoms with Gasteiger partial charge in [0.1, 0.15) is 5.65 Å². The van der Waals surface area contributed by atoms with Gasteiger partial charge in [-0.05, 0) is 28.1 Å². The molecule has 0 aromatic carbocycles. The number of hydrogen-bond acceptors (Lipinski definition) is 5. The molecule has 0 bridgehead atoms. The largest absolute Gasteiger partial charge is 0.332 e. The topological polar surface area (TPSA) is 96.2 Å². The van der Waals surface area contributed by atoms with Crippen molar-refractivity contribution in [2.24, 2.45) is 14.1 Å².